The van der Waals surface area contributed by atoms with Crippen LogP contribution < -0.4 is 9.47 Å². The van der Waals surface area contributed by atoms with E-state index in [1.54, 1.807) is 24.3 Å². The highest BCUT2D eigenvalue weighted by molar-refractivity contribution is 5.80. The maximum Gasteiger partial charge on any atom is 0.308 e. The Labute approximate surface area is 129 Å². The maximum absolute atomic E-state index is 12.0. The highest BCUT2D eigenvalue weighted by atomic mass is 16.5. The summed E-state index contributed by atoms with van der Waals surface area (Å²) in [6.45, 7) is 3.36. The standard InChI is InChI=1S/C16H21NO5/c1-2-9-21-13-3-5-14(6-4-13)22-11-15(18)17-8-7-12(10-17)16(19)20/h3-6,12H,2,7-11H2,1H3,(H,19,20). The van der Waals surface area contributed by atoms with E-state index in [1.165, 1.54) is 4.90 Å². The second kappa shape index (κ2) is 7.68. The zero-order valence-corrected chi connectivity index (χ0v) is 12.7. The van der Waals surface area contributed by atoms with Gasteiger partial charge in [0.25, 0.3) is 5.91 Å². The van der Waals surface area contributed by atoms with Crippen LogP contribution in [0, 0.1) is 5.92 Å². The third-order valence-corrected chi connectivity index (χ3v) is 3.55. The van der Waals surface area contributed by atoms with Crippen LogP contribution in [0.3, 0.4) is 0 Å². The van der Waals surface area contributed by atoms with E-state index in [4.69, 9.17) is 14.6 Å². The second-order valence-electron chi connectivity index (χ2n) is 5.27. The molecule has 1 heterocycles. The lowest BCUT2D eigenvalue weighted by molar-refractivity contribution is -0.141. The first-order chi connectivity index (χ1) is 10.6. The van der Waals surface area contributed by atoms with Crippen molar-refractivity contribution in [3.63, 3.8) is 0 Å². The zero-order chi connectivity index (χ0) is 15.9. The van der Waals surface area contributed by atoms with Crippen LogP contribution in [0.4, 0.5) is 0 Å². The largest absolute Gasteiger partial charge is 0.494 e. The number of carboxylic acid groups (broad SMARTS) is 1. The quantitative estimate of drug-likeness (QED) is 0.831. The molecule has 1 fully saturated rings. The van der Waals surface area contributed by atoms with Crippen LogP contribution in [0.2, 0.25) is 0 Å². The summed E-state index contributed by atoms with van der Waals surface area (Å²) in [6.07, 6.45) is 1.45. The van der Waals surface area contributed by atoms with Crippen LogP contribution >= 0.6 is 0 Å². The van der Waals surface area contributed by atoms with Gasteiger partial charge in [0.1, 0.15) is 11.5 Å². The number of nitrogens with zero attached hydrogens (tertiary/aromatic N) is 1. The molecule has 1 atom stereocenters. The Bertz CT molecular complexity index is 514. The van der Waals surface area contributed by atoms with Crippen molar-refractivity contribution in [3.8, 4) is 11.5 Å². The summed E-state index contributed by atoms with van der Waals surface area (Å²) < 4.78 is 10.9. The first-order valence-electron chi connectivity index (χ1n) is 7.46. The minimum absolute atomic E-state index is 0.0818. The van der Waals surface area contributed by atoms with Crippen molar-refractivity contribution in [3.05, 3.63) is 24.3 Å². The molecule has 0 bridgehead atoms. The number of likely N-dealkylation sites (tertiary alicyclic amines) is 1. The zero-order valence-electron chi connectivity index (χ0n) is 12.7. The Balaban J connectivity index is 1.78. The number of carboxylic acids is 1. The fourth-order valence-corrected chi connectivity index (χ4v) is 2.28. The maximum atomic E-state index is 12.0. The summed E-state index contributed by atoms with van der Waals surface area (Å²) in [4.78, 5) is 24.4. The molecule has 1 amide bonds. The molecule has 1 aromatic carbocycles. The Morgan fingerprint density at radius 1 is 1.23 bits per heavy atom. The van der Waals surface area contributed by atoms with E-state index in [-0.39, 0.29) is 19.1 Å². The molecule has 6 nitrogen and oxygen atoms in total. The van der Waals surface area contributed by atoms with Crippen molar-refractivity contribution in [1.29, 1.82) is 0 Å². The predicted molar refractivity (Wildman–Crippen MR) is 80.0 cm³/mol. The van der Waals surface area contributed by atoms with Gasteiger partial charge in [-0.15, -0.1) is 0 Å². The summed E-state index contributed by atoms with van der Waals surface area (Å²) in [6, 6.07) is 7.10. The molecule has 120 valence electrons. The van der Waals surface area contributed by atoms with E-state index in [1.807, 2.05) is 6.92 Å². The van der Waals surface area contributed by atoms with Gasteiger partial charge in [0.2, 0.25) is 0 Å². The van der Waals surface area contributed by atoms with Crippen LogP contribution in [0.15, 0.2) is 24.3 Å². The number of hydrogen-bond donors (Lipinski definition) is 1. The van der Waals surface area contributed by atoms with Crippen molar-refractivity contribution in [2.24, 2.45) is 5.92 Å². The van der Waals surface area contributed by atoms with Gasteiger partial charge < -0.3 is 19.5 Å². The molecule has 0 spiro atoms. The first kappa shape index (κ1) is 16.1. The average molecular weight is 307 g/mol. The molecule has 1 unspecified atom stereocenters. The fourth-order valence-electron chi connectivity index (χ4n) is 2.28. The van der Waals surface area contributed by atoms with Crippen molar-refractivity contribution in [1.82, 2.24) is 4.90 Å². The van der Waals surface area contributed by atoms with E-state index in [0.29, 0.717) is 25.3 Å². The topological polar surface area (TPSA) is 76.1 Å². The summed E-state index contributed by atoms with van der Waals surface area (Å²) in [5.74, 6) is -0.136. The van der Waals surface area contributed by atoms with Gasteiger partial charge in [0.15, 0.2) is 6.61 Å². The van der Waals surface area contributed by atoms with E-state index >= 15 is 0 Å². The number of hydrogen-bond acceptors (Lipinski definition) is 4. The molecule has 22 heavy (non-hydrogen) atoms. The number of ether oxygens (including phenoxy) is 2. The Morgan fingerprint density at radius 3 is 2.41 bits per heavy atom. The van der Waals surface area contributed by atoms with Gasteiger partial charge in [0.05, 0.1) is 12.5 Å². The van der Waals surface area contributed by atoms with Gasteiger partial charge in [-0.25, -0.2) is 0 Å². The monoisotopic (exact) mass is 307 g/mol. The molecule has 0 aromatic heterocycles. The summed E-state index contributed by atoms with van der Waals surface area (Å²) in [5.41, 5.74) is 0. The Hall–Kier alpha value is -2.24. The molecule has 1 saturated heterocycles. The van der Waals surface area contributed by atoms with Crippen LogP contribution in [0.25, 0.3) is 0 Å². The van der Waals surface area contributed by atoms with Crippen LogP contribution in [-0.2, 0) is 9.59 Å². The van der Waals surface area contributed by atoms with Crippen molar-refractivity contribution < 1.29 is 24.2 Å². The highest BCUT2D eigenvalue weighted by Crippen LogP contribution is 2.19. The Kier molecular flexibility index (Phi) is 5.63. The van der Waals surface area contributed by atoms with Gasteiger partial charge >= 0.3 is 5.97 Å². The van der Waals surface area contributed by atoms with Crippen LogP contribution in [0.5, 0.6) is 11.5 Å². The normalized spacial score (nSPS) is 17.3. The van der Waals surface area contributed by atoms with E-state index in [9.17, 15) is 9.59 Å². The third kappa shape index (κ3) is 4.38. The molecular weight excluding hydrogens is 286 g/mol. The van der Waals surface area contributed by atoms with E-state index < -0.39 is 11.9 Å². The predicted octanol–water partition coefficient (Wildman–Crippen LogP) is 1.79. The number of rotatable bonds is 7. The number of benzene rings is 1. The minimum Gasteiger partial charge on any atom is -0.494 e. The molecule has 1 aliphatic heterocycles. The minimum atomic E-state index is -0.848. The molecule has 1 aliphatic rings. The summed E-state index contributed by atoms with van der Waals surface area (Å²) in [5, 5.41) is 8.93. The molecule has 0 aliphatic carbocycles. The first-order valence-corrected chi connectivity index (χ1v) is 7.46. The lowest BCUT2D eigenvalue weighted by Crippen LogP contribution is -2.33. The van der Waals surface area contributed by atoms with Crippen LogP contribution in [0.1, 0.15) is 19.8 Å². The van der Waals surface area contributed by atoms with Gasteiger partial charge in [-0.2, -0.15) is 0 Å². The molecule has 0 radical (unpaired) electrons. The molecule has 0 saturated carbocycles. The lowest BCUT2D eigenvalue weighted by atomic mass is 10.1. The number of carbonyl (C=O) groups excluding carboxylic acids is 1. The highest BCUT2D eigenvalue weighted by Gasteiger charge is 2.30. The molecular formula is C16H21NO5. The molecule has 1 aromatic rings. The van der Waals surface area contributed by atoms with Gasteiger partial charge in [-0.05, 0) is 37.1 Å². The number of aliphatic carboxylic acids is 1. The summed E-state index contributed by atoms with van der Waals surface area (Å²) in [7, 11) is 0. The SMILES string of the molecule is CCCOc1ccc(OCC(=O)N2CCC(C(=O)O)C2)cc1. The average Bonchev–Trinajstić information content (AvgIpc) is 3.02. The van der Waals surface area contributed by atoms with Crippen LogP contribution in [-0.4, -0.2) is 48.2 Å². The second-order valence-corrected chi connectivity index (χ2v) is 5.27. The molecule has 6 heteroatoms. The number of amides is 1. The molecule has 1 N–H and O–H groups in total. The number of carbonyl (C=O) groups is 2. The summed E-state index contributed by atoms with van der Waals surface area (Å²) >= 11 is 0. The molecule has 2 rings (SSSR count). The Morgan fingerprint density at radius 2 is 1.86 bits per heavy atom. The smallest absolute Gasteiger partial charge is 0.308 e. The van der Waals surface area contributed by atoms with E-state index in [2.05, 4.69) is 0 Å². The lowest BCUT2D eigenvalue weighted by Gasteiger charge is -2.16. The fraction of sp³-hybridized carbons (Fsp3) is 0.500. The van der Waals surface area contributed by atoms with Gasteiger partial charge in [-0.1, -0.05) is 6.92 Å². The van der Waals surface area contributed by atoms with Crippen molar-refractivity contribution >= 4 is 11.9 Å². The van der Waals surface area contributed by atoms with Crippen molar-refractivity contribution in [2.45, 2.75) is 19.8 Å². The van der Waals surface area contributed by atoms with E-state index in [0.717, 1.165) is 12.2 Å². The van der Waals surface area contributed by atoms with Gasteiger partial charge in [-0.3, -0.25) is 9.59 Å². The third-order valence-electron chi connectivity index (χ3n) is 3.55. The van der Waals surface area contributed by atoms with Crippen molar-refractivity contribution in [2.75, 3.05) is 26.3 Å². The van der Waals surface area contributed by atoms with Gasteiger partial charge in [0, 0.05) is 13.1 Å².